The van der Waals surface area contributed by atoms with E-state index in [1.807, 2.05) is 35.1 Å². The lowest BCUT2D eigenvalue weighted by molar-refractivity contribution is -0.118. The van der Waals surface area contributed by atoms with Crippen LogP contribution in [0.2, 0.25) is 0 Å². The first-order chi connectivity index (χ1) is 17.8. The molecule has 0 spiro atoms. The summed E-state index contributed by atoms with van der Waals surface area (Å²) in [6.07, 6.45) is -1.15. The molecule has 1 unspecified atom stereocenters. The van der Waals surface area contributed by atoms with Gasteiger partial charge in [0.15, 0.2) is 0 Å². The van der Waals surface area contributed by atoms with Crippen LogP contribution in [0.1, 0.15) is 22.8 Å². The third-order valence-corrected chi connectivity index (χ3v) is 7.50. The molecule has 0 saturated carbocycles. The van der Waals surface area contributed by atoms with Gasteiger partial charge in [0.05, 0.1) is 12.0 Å². The highest BCUT2D eigenvalue weighted by molar-refractivity contribution is 7.90. The molecule has 188 valence electrons. The van der Waals surface area contributed by atoms with Crippen LogP contribution in [-0.2, 0) is 21.4 Å². The molecule has 1 saturated heterocycles. The smallest absolute Gasteiger partial charge is 0.417 e. The maximum absolute atomic E-state index is 15.9. The van der Waals surface area contributed by atoms with E-state index in [2.05, 4.69) is 5.32 Å². The van der Waals surface area contributed by atoms with Crippen molar-refractivity contribution < 1.29 is 31.9 Å². The van der Waals surface area contributed by atoms with Crippen LogP contribution < -0.4 is 19.5 Å². The molecule has 0 radical (unpaired) electrons. The van der Waals surface area contributed by atoms with Gasteiger partial charge in [-0.1, -0.05) is 48.5 Å². The molecule has 4 aromatic rings. The Balaban J connectivity index is 1.51. The van der Waals surface area contributed by atoms with E-state index in [1.165, 1.54) is 24.3 Å². The molecule has 10 heteroatoms. The molecule has 37 heavy (non-hydrogen) atoms. The Kier molecular flexibility index (Phi) is 6.49. The van der Waals surface area contributed by atoms with E-state index in [0.29, 0.717) is 16.8 Å². The van der Waals surface area contributed by atoms with Gasteiger partial charge in [-0.15, -0.1) is 0 Å². The van der Waals surface area contributed by atoms with E-state index in [-0.39, 0.29) is 23.3 Å². The fourth-order valence-corrected chi connectivity index (χ4v) is 5.58. The summed E-state index contributed by atoms with van der Waals surface area (Å²) in [6, 6.07) is 23.5. The van der Waals surface area contributed by atoms with Crippen molar-refractivity contribution in [3.05, 3.63) is 102 Å². The summed E-state index contributed by atoms with van der Waals surface area (Å²) in [5.74, 6) is -1.18. The molecule has 2 amide bonds. The van der Waals surface area contributed by atoms with Crippen molar-refractivity contribution in [3.63, 3.8) is 0 Å². The molecule has 4 aromatic carbocycles. The van der Waals surface area contributed by atoms with Gasteiger partial charge < -0.3 is 9.47 Å². The summed E-state index contributed by atoms with van der Waals surface area (Å²) < 4.78 is 54.1. The Bertz CT molecular complexity index is 1590. The van der Waals surface area contributed by atoms with E-state index in [9.17, 15) is 18.0 Å². The molecule has 1 atom stereocenters. The molecule has 0 aliphatic carbocycles. The van der Waals surface area contributed by atoms with Crippen molar-refractivity contribution in [2.75, 3.05) is 5.32 Å². The second-order valence-corrected chi connectivity index (χ2v) is 10.3. The first kappa shape index (κ1) is 24.3. The summed E-state index contributed by atoms with van der Waals surface area (Å²) >= 11 is 0. The van der Waals surface area contributed by atoms with E-state index >= 15 is 4.39 Å². The van der Waals surface area contributed by atoms with Gasteiger partial charge in [0, 0.05) is 11.1 Å². The molecule has 8 nitrogen and oxygen atoms in total. The average Bonchev–Trinajstić information content (AvgIpc) is 3.15. The van der Waals surface area contributed by atoms with Crippen LogP contribution in [0.5, 0.6) is 11.5 Å². The lowest BCUT2D eigenvalue weighted by Crippen LogP contribution is -2.22. The predicted molar refractivity (Wildman–Crippen MR) is 135 cm³/mol. The number of fused-ring (bicyclic) bond motifs is 1. The van der Waals surface area contributed by atoms with Crippen LogP contribution in [0.3, 0.4) is 0 Å². The fraction of sp³-hybridized carbons (Fsp3) is 0.111. The van der Waals surface area contributed by atoms with Gasteiger partial charge in [-0.25, -0.2) is 17.6 Å². The monoisotopic (exact) mass is 520 g/mol. The summed E-state index contributed by atoms with van der Waals surface area (Å²) in [7, 11) is -4.13. The molecular formula is C27H21FN2O6S. The molecule has 5 rings (SSSR count). The molecular weight excluding hydrogens is 499 g/mol. The van der Waals surface area contributed by atoms with Crippen LogP contribution >= 0.6 is 0 Å². The number of para-hydroxylation sites is 1. The third kappa shape index (κ3) is 5.24. The molecule has 2 N–H and O–H groups in total. The van der Waals surface area contributed by atoms with Crippen molar-refractivity contribution in [1.29, 1.82) is 0 Å². The molecule has 0 aromatic heterocycles. The molecule has 1 heterocycles. The van der Waals surface area contributed by atoms with Gasteiger partial charge in [-0.05, 0) is 47.3 Å². The van der Waals surface area contributed by atoms with E-state index in [1.54, 1.807) is 30.3 Å². The van der Waals surface area contributed by atoms with Crippen molar-refractivity contribution in [2.24, 2.45) is 0 Å². The zero-order valence-corrected chi connectivity index (χ0v) is 20.1. The maximum atomic E-state index is 15.9. The summed E-state index contributed by atoms with van der Waals surface area (Å²) in [6.45, 7) is 0.0499. The minimum absolute atomic E-state index is 0.0112. The van der Waals surface area contributed by atoms with Crippen LogP contribution in [0.25, 0.3) is 10.8 Å². The average molecular weight is 521 g/mol. The first-order valence-electron chi connectivity index (χ1n) is 11.3. The highest BCUT2D eigenvalue weighted by Crippen LogP contribution is 2.41. The number of halogens is 1. The lowest BCUT2D eigenvalue weighted by Gasteiger charge is -2.18. The van der Waals surface area contributed by atoms with Gasteiger partial charge in [0.2, 0.25) is 15.9 Å². The standard InChI is InChI=1S/C27H21FN2O6S/c28-26-21-12-11-19(29-27(32)36-20-9-5-2-6-10-20)13-18(21)14-22(35-16-17-7-3-1-4-8-17)25(26)23-15-24(31)30-37(23,33)34/h1-14,23H,15-16H2,(H,29,32)(H,30,31). The number of rotatable bonds is 6. The van der Waals surface area contributed by atoms with Gasteiger partial charge in [-0.2, -0.15) is 0 Å². The van der Waals surface area contributed by atoms with Crippen LogP contribution in [0.15, 0.2) is 84.9 Å². The minimum Gasteiger partial charge on any atom is -0.488 e. The molecule has 0 bridgehead atoms. The summed E-state index contributed by atoms with van der Waals surface area (Å²) in [5, 5.41) is 1.62. The molecule has 1 aliphatic rings. The second kappa shape index (κ2) is 9.90. The number of sulfonamides is 1. The van der Waals surface area contributed by atoms with E-state index < -0.39 is 39.5 Å². The Morgan fingerprint density at radius 1 is 1.00 bits per heavy atom. The highest BCUT2D eigenvalue weighted by Gasteiger charge is 2.41. The Hall–Kier alpha value is -4.44. The van der Waals surface area contributed by atoms with Gasteiger partial charge >= 0.3 is 6.09 Å². The normalized spacial score (nSPS) is 16.2. The van der Waals surface area contributed by atoms with Crippen LogP contribution in [0, 0.1) is 5.82 Å². The van der Waals surface area contributed by atoms with Crippen molar-refractivity contribution >= 4 is 38.5 Å². The topological polar surface area (TPSA) is 111 Å². The zero-order valence-electron chi connectivity index (χ0n) is 19.3. The van der Waals surface area contributed by atoms with Crippen molar-refractivity contribution in [3.8, 4) is 11.5 Å². The predicted octanol–water partition coefficient (Wildman–Crippen LogP) is 5.06. The zero-order chi connectivity index (χ0) is 26.0. The Labute approximate surface area is 212 Å². The molecule has 1 fully saturated rings. The highest BCUT2D eigenvalue weighted by atomic mass is 32.2. The first-order valence-corrected chi connectivity index (χ1v) is 12.9. The van der Waals surface area contributed by atoms with Crippen molar-refractivity contribution in [2.45, 2.75) is 18.3 Å². The van der Waals surface area contributed by atoms with E-state index in [0.717, 1.165) is 5.56 Å². The number of carbonyl (C=O) groups is 2. The number of carbonyl (C=O) groups excluding carboxylic acids is 2. The van der Waals surface area contributed by atoms with Gasteiger partial charge in [0.1, 0.15) is 29.2 Å². The SMILES string of the molecule is O=C1CC(c2c(OCc3ccccc3)cc3cc(NC(=O)Oc4ccccc4)ccc3c2F)S(=O)(=O)N1. The van der Waals surface area contributed by atoms with Gasteiger partial charge in [-0.3, -0.25) is 14.8 Å². The fourth-order valence-electron chi connectivity index (χ4n) is 4.13. The maximum Gasteiger partial charge on any atom is 0.417 e. The van der Waals surface area contributed by atoms with Gasteiger partial charge in [0.25, 0.3) is 0 Å². The second-order valence-electron chi connectivity index (χ2n) is 8.40. The summed E-state index contributed by atoms with van der Waals surface area (Å²) in [4.78, 5) is 24.2. The lowest BCUT2D eigenvalue weighted by atomic mass is 10.00. The number of hydrogen-bond acceptors (Lipinski definition) is 6. The number of benzene rings is 4. The van der Waals surface area contributed by atoms with Crippen LogP contribution in [-0.4, -0.2) is 20.4 Å². The molecule has 1 aliphatic heterocycles. The number of ether oxygens (including phenoxy) is 2. The summed E-state index contributed by atoms with van der Waals surface area (Å²) in [5.41, 5.74) is 0.905. The Morgan fingerprint density at radius 3 is 2.38 bits per heavy atom. The minimum atomic E-state index is -4.13. The van der Waals surface area contributed by atoms with E-state index in [4.69, 9.17) is 9.47 Å². The third-order valence-electron chi connectivity index (χ3n) is 5.84. The van der Waals surface area contributed by atoms with Crippen molar-refractivity contribution in [1.82, 2.24) is 4.72 Å². The largest absolute Gasteiger partial charge is 0.488 e. The van der Waals surface area contributed by atoms with Crippen LogP contribution in [0.4, 0.5) is 14.9 Å². The Morgan fingerprint density at radius 2 is 1.70 bits per heavy atom. The number of anilines is 1. The number of nitrogens with one attached hydrogen (secondary N) is 2. The quantitative estimate of drug-likeness (QED) is 0.368. The number of hydrogen-bond donors (Lipinski definition) is 2. The number of amides is 2.